The van der Waals surface area contributed by atoms with Crippen LogP contribution in [0.15, 0.2) is 34.3 Å². The third-order valence-electron chi connectivity index (χ3n) is 7.61. The van der Waals surface area contributed by atoms with Gasteiger partial charge in [0, 0.05) is 10.8 Å². The zero-order valence-electron chi connectivity index (χ0n) is 15.1. The number of Topliss-reactive ketones (excluding diaryl/α,β-unsaturated/α-hetero) is 2. The second-order valence-corrected chi connectivity index (χ2v) is 9.32. The zero-order chi connectivity index (χ0) is 18.3. The number of alkyl halides is 1. The Bertz CT molecular complexity index is 779. The third-order valence-corrected chi connectivity index (χ3v) is 8.03. The molecule has 0 unspecified atom stereocenters. The van der Waals surface area contributed by atoms with Gasteiger partial charge in [0.25, 0.3) is 0 Å². The monoisotopic (exact) mass is 360 g/mol. The molecule has 6 atom stereocenters. The molecule has 0 heterocycles. The Kier molecular flexibility index (Phi) is 3.58. The van der Waals surface area contributed by atoms with Gasteiger partial charge in [-0.1, -0.05) is 26.5 Å². The summed E-state index contributed by atoms with van der Waals surface area (Å²) in [5, 5.41) is 0. The minimum absolute atomic E-state index is 0.0177. The molecule has 134 valence electrons. The molecule has 0 spiro atoms. The average Bonchev–Trinajstić information content (AvgIpc) is 2.76. The highest BCUT2D eigenvalue weighted by atomic mass is 32.1. The summed E-state index contributed by atoms with van der Waals surface area (Å²) < 4.78 is 14.3. The molecular formula is C21H25FO2S. The van der Waals surface area contributed by atoms with Gasteiger partial charge in [0.2, 0.25) is 0 Å². The normalized spacial score (nSPS) is 46.6. The van der Waals surface area contributed by atoms with Gasteiger partial charge in [-0.25, -0.2) is 4.39 Å². The number of fused-ring (bicyclic) bond motifs is 5. The van der Waals surface area contributed by atoms with Crippen LogP contribution in [0.1, 0.15) is 46.5 Å². The number of allylic oxidation sites excluding steroid dienone is 5. The van der Waals surface area contributed by atoms with E-state index in [0.717, 1.165) is 36.0 Å². The van der Waals surface area contributed by atoms with Crippen molar-refractivity contribution in [3.05, 3.63) is 34.3 Å². The molecule has 0 aromatic rings. The Labute approximate surface area is 154 Å². The first kappa shape index (κ1) is 17.3. The van der Waals surface area contributed by atoms with Crippen LogP contribution in [0.25, 0.3) is 0 Å². The molecule has 0 aromatic carbocycles. The van der Waals surface area contributed by atoms with E-state index >= 15 is 0 Å². The molecule has 0 aliphatic heterocycles. The van der Waals surface area contributed by atoms with Gasteiger partial charge in [0.15, 0.2) is 17.7 Å². The lowest BCUT2D eigenvalue weighted by molar-refractivity contribution is -0.134. The maximum Gasteiger partial charge on any atom is 0.194 e. The van der Waals surface area contributed by atoms with Crippen molar-refractivity contribution in [2.75, 3.05) is 0 Å². The second-order valence-electron chi connectivity index (χ2n) is 8.87. The Morgan fingerprint density at radius 1 is 1.28 bits per heavy atom. The van der Waals surface area contributed by atoms with Crippen molar-refractivity contribution in [1.82, 2.24) is 0 Å². The molecule has 0 N–H and O–H groups in total. The maximum atomic E-state index is 14.3. The fourth-order valence-corrected chi connectivity index (χ4v) is 7.01. The van der Waals surface area contributed by atoms with E-state index in [0.29, 0.717) is 17.2 Å². The molecule has 0 radical (unpaired) electrons. The van der Waals surface area contributed by atoms with Crippen molar-refractivity contribution in [1.29, 1.82) is 0 Å². The van der Waals surface area contributed by atoms with Crippen LogP contribution in [0.5, 0.6) is 0 Å². The van der Waals surface area contributed by atoms with Crippen molar-refractivity contribution in [2.24, 2.45) is 28.6 Å². The van der Waals surface area contributed by atoms with Crippen LogP contribution in [0.2, 0.25) is 0 Å². The number of ketones is 2. The Morgan fingerprint density at radius 2 is 1.96 bits per heavy atom. The van der Waals surface area contributed by atoms with Gasteiger partial charge < -0.3 is 0 Å². The van der Waals surface area contributed by atoms with Crippen LogP contribution in [0.3, 0.4) is 0 Å². The van der Waals surface area contributed by atoms with Gasteiger partial charge in [-0.2, -0.15) is 0 Å². The summed E-state index contributed by atoms with van der Waals surface area (Å²) in [4.78, 5) is 25.4. The van der Waals surface area contributed by atoms with E-state index in [1.165, 1.54) is 0 Å². The molecule has 3 fully saturated rings. The summed E-state index contributed by atoms with van der Waals surface area (Å²) in [7, 11) is 0. The lowest BCUT2D eigenvalue weighted by atomic mass is 9.47. The predicted octanol–water partition coefficient (Wildman–Crippen LogP) is 4.63. The molecule has 4 aliphatic carbocycles. The van der Waals surface area contributed by atoms with Crippen molar-refractivity contribution in [3.63, 3.8) is 0 Å². The standard InChI is InChI=1S/C21H25FO2S/c1-10-7-12-13(5-6-20(3)14(12)8-15(22)19(20)24)21(4)9-11(2)17(23)18(25)16(10)21/h9,12-15,25H,1,5-8H2,2-4H3/t12-,13+,14+,15-,20+,21-/m1/s1. The lowest BCUT2D eigenvalue weighted by Gasteiger charge is -2.56. The van der Waals surface area contributed by atoms with Gasteiger partial charge in [-0.3, -0.25) is 9.59 Å². The molecule has 2 nitrogen and oxygen atoms in total. The summed E-state index contributed by atoms with van der Waals surface area (Å²) in [6.45, 7) is 10.2. The minimum Gasteiger partial charge on any atom is -0.296 e. The number of thiol groups is 1. The van der Waals surface area contributed by atoms with E-state index in [9.17, 15) is 14.0 Å². The summed E-state index contributed by atoms with van der Waals surface area (Å²) in [6, 6.07) is 0. The average molecular weight is 360 g/mol. The van der Waals surface area contributed by atoms with Gasteiger partial charge >= 0.3 is 0 Å². The number of rotatable bonds is 0. The Hall–Kier alpha value is -1.16. The van der Waals surface area contributed by atoms with Gasteiger partial charge in [0.05, 0.1) is 4.91 Å². The van der Waals surface area contributed by atoms with Crippen LogP contribution >= 0.6 is 12.6 Å². The highest BCUT2D eigenvalue weighted by Crippen LogP contribution is 2.65. The predicted molar refractivity (Wildman–Crippen MR) is 99.0 cm³/mol. The number of hydrogen-bond acceptors (Lipinski definition) is 3. The lowest BCUT2D eigenvalue weighted by Crippen LogP contribution is -2.50. The summed E-state index contributed by atoms with van der Waals surface area (Å²) in [5.74, 6) is 0.389. The van der Waals surface area contributed by atoms with Crippen LogP contribution < -0.4 is 0 Å². The number of carbonyl (C=O) groups is 2. The Morgan fingerprint density at radius 3 is 2.64 bits per heavy atom. The van der Waals surface area contributed by atoms with E-state index in [4.69, 9.17) is 0 Å². The fraction of sp³-hybridized carbons (Fsp3) is 0.619. The number of hydrogen-bond donors (Lipinski definition) is 1. The second kappa shape index (κ2) is 5.18. The van der Waals surface area contributed by atoms with Crippen LogP contribution in [0.4, 0.5) is 4.39 Å². The zero-order valence-corrected chi connectivity index (χ0v) is 16.0. The quantitative estimate of drug-likeness (QED) is 0.639. The molecule has 25 heavy (non-hydrogen) atoms. The van der Waals surface area contributed by atoms with Crippen molar-refractivity contribution in [2.45, 2.75) is 52.6 Å². The molecule has 3 saturated carbocycles. The molecule has 4 rings (SSSR count). The smallest absolute Gasteiger partial charge is 0.194 e. The number of carbonyl (C=O) groups excluding carboxylic acids is 2. The summed E-state index contributed by atoms with van der Waals surface area (Å²) in [5.41, 5.74) is 1.80. The van der Waals surface area contributed by atoms with Crippen molar-refractivity contribution in [3.8, 4) is 0 Å². The Balaban J connectivity index is 1.83. The van der Waals surface area contributed by atoms with Gasteiger partial charge in [-0.15, -0.1) is 12.6 Å². The van der Waals surface area contributed by atoms with Crippen LogP contribution in [-0.4, -0.2) is 17.7 Å². The first-order chi connectivity index (χ1) is 11.6. The molecule has 0 saturated heterocycles. The highest BCUT2D eigenvalue weighted by molar-refractivity contribution is 7.85. The molecule has 0 aromatic heterocycles. The summed E-state index contributed by atoms with van der Waals surface area (Å²) >= 11 is 4.54. The fourth-order valence-electron chi connectivity index (χ4n) is 6.44. The third kappa shape index (κ3) is 2.03. The van der Waals surface area contributed by atoms with E-state index < -0.39 is 11.6 Å². The van der Waals surface area contributed by atoms with Gasteiger partial charge in [-0.05, 0) is 67.1 Å². The van der Waals surface area contributed by atoms with Crippen LogP contribution in [0, 0.1) is 28.6 Å². The molecule has 0 amide bonds. The summed E-state index contributed by atoms with van der Waals surface area (Å²) in [6.07, 6.45) is 3.45. The van der Waals surface area contributed by atoms with E-state index in [2.05, 4.69) is 32.2 Å². The maximum absolute atomic E-state index is 14.3. The highest BCUT2D eigenvalue weighted by Gasteiger charge is 2.62. The van der Waals surface area contributed by atoms with E-state index in [1.54, 1.807) is 0 Å². The molecule has 4 heteroatoms. The molecule has 4 aliphatic rings. The van der Waals surface area contributed by atoms with E-state index in [-0.39, 0.29) is 28.8 Å². The minimum atomic E-state index is -1.32. The van der Waals surface area contributed by atoms with Crippen LogP contribution in [-0.2, 0) is 9.59 Å². The molecule has 0 bridgehead atoms. The largest absolute Gasteiger partial charge is 0.296 e. The van der Waals surface area contributed by atoms with Crippen molar-refractivity contribution >= 4 is 24.2 Å². The SMILES string of the molecule is C=C1C[C@@H]2[C@H](CC[C@]3(C)C(=O)[C@H](F)C[C@@H]23)[C@@]2(C)C=C(C)C(=O)C(S)=C12. The first-order valence-electron chi connectivity index (χ1n) is 9.15. The topological polar surface area (TPSA) is 34.1 Å². The van der Waals surface area contributed by atoms with Gasteiger partial charge in [0.1, 0.15) is 0 Å². The van der Waals surface area contributed by atoms with E-state index in [1.807, 2.05) is 13.8 Å². The number of halogens is 1. The van der Waals surface area contributed by atoms with Crippen molar-refractivity contribution < 1.29 is 14.0 Å². The molecular weight excluding hydrogens is 335 g/mol. The first-order valence-corrected chi connectivity index (χ1v) is 9.60.